The van der Waals surface area contributed by atoms with E-state index in [9.17, 15) is 24.0 Å². The van der Waals surface area contributed by atoms with Gasteiger partial charge in [-0.05, 0) is 101 Å². The molecule has 60 heavy (non-hydrogen) atoms. The maximum Gasteiger partial charge on any atom is 0.269 e. The highest BCUT2D eigenvalue weighted by Crippen LogP contribution is 2.36. The molecule has 1 aliphatic carbocycles. The number of anilines is 1. The van der Waals surface area contributed by atoms with Gasteiger partial charge in [0.25, 0.3) is 17.7 Å². The molecule has 1 saturated carbocycles. The van der Waals surface area contributed by atoms with Gasteiger partial charge in [0.15, 0.2) is 0 Å². The molecule has 4 N–H and O–H groups in total. The van der Waals surface area contributed by atoms with Gasteiger partial charge in [0.2, 0.25) is 11.8 Å². The van der Waals surface area contributed by atoms with E-state index in [2.05, 4.69) is 15.5 Å². The maximum atomic E-state index is 15.7. The van der Waals surface area contributed by atoms with Crippen molar-refractivity contribution >= 4 is 58.4 Å². The molecule has 0 bridgehead atoms. The second-order valence-corrected chi connectivity index (χ2v) is 16.9. The van der Waals surface area contributed by atoms with Crippen molar-refractivity contribution in [1.82, 2.24) is 25.3 Å². The van der Waals surface area contributed by atoms with E-state index in [1.165, 1.54) is 18.2 Å². The highest BCUT2D eigenvalue weighted by Gasteiger charge is 2.46. The highest BCUT2D eigenvalue weighted by molar-refractivity contribution is 6.42. The minimum Gasteiger partial charge on any atom is -0.490 e. The molecular weight excluding hydrogens is 793 g/mol. The molecule has 0 aromatic heterocycles. The number of piperazine rings is 1. The molecule has 2 aromatic carbocycles. The smallest absolute Gasteiger partial charge is 0.269 e. The molecule has 4 heterocycles. The molecule has 2 aromatic rings. The zero-order valence-corrected chi connectivity index (χ0v) is 34.4. The molecule has 3 saturated heterocycles. The van der Waals surface area contributed by atoms with E-state index in [1.807, 2.05) is 29.7 Å². The summed E-state index contributed by atoms with van der Waals surface area (Å²) in [5.41, 5.74) is 0.361. The number of nitrogens with one attached hydrogen (secondary N) is 4. The lowest BCUT2D eigenvalue weighted by Crippen LogP contribution is -2.58. The number of nitriles is 1. The Hall–Kier alpha value is -5.66. The van der Waals surface area contributed by atoms with Crippen molar-refractivity contribution in [2.45, 2.75) is 95.5 Å². The van der Waals surface area contributed by atoms with Gasteiger partial charge in [-0.3, -0.25) is 49.9 Å². The summed E-state index contributed by atoms with van der Waals surface area (Å²) in [7, 11) is 0. The third-order valence-corrected chi connectivity index (χ3v) is 12.6. The van der Waals surface area contributed by atoms with Gasteiger partial charge in [0, 0.05) is 63.3 Å². The summed E-state index contributed by atoms with van der Waals surface area (Å²) < 4.78 is 21.8. The molecule has 4 aliphatic heterocycles. The summed E-state index contributed by atoms with van der Waals surface area (Å²) in [6.07, 6.45) is 7.43. The van der Waals surface area contributed by atoms with E-state index in [1.54, 1.807) is 18.2 Å². The minimum atomic E-state index is -1.13. The van der Waals surface area contributed by atoms with Crippen molar-refractivity contribution < 1.29 is 33.1 Å². The van der Waals surface area contributed by atoms with Crippen LogP contribution in [0.4, 0.5) is 10.1 Å². The van der Waals surface area contributed by atoms with Crippen LogP contribution in [0.3, 0.4) is 0 Å². The summed E-state index contributed by atoms with van der Waals surface area (Å²) in [5.74, 6) is -2.47. The van der Waals surface area contributed by atoms with E-state index in [0.29, 0.717) is 61.3 Å². The molecule has 0 spiro atoms. The van der Waals surface area contributed by atoms with Crippen molar-refractivity contribution in [3.63, 3.8) is 0 Å². The molecule has 3 atom stereocenters. The molecule has 0 radical (unpaired) electrons. The Labute approximate surface area is 352 Å². The fourth-order valence-corrected chi connectivity index (χ4v) is 9.45. The van der Waals surface area contributed by atoms with Crippen LogP contribution in [0, 0.1) is 33.9 Å². The molecule has 316 valence electrons. The minimum absolute atomic E-state index is 0.00115. The normalized spacial score (nSPS) is 25.2. The number of benzene rings is 2. The van der Waals surface area contributed by atoms with Crippen molar-refractivity contribution in [2.24, 2.45) is 5.92 Å². The Morgan fingerprint density at radius 3 is 2.27 bits per heavy atom. The summed E-state index contributed by atoms with van der Waals surface area (Å²) >= 11 is 6.13. The molecule has 5 amide bonds. The Bertz CT molecular complexity index is 2160. The number of carbonyl (C=O) groups is 5. The molecule has 17 heteroatoms. The SMILES string of the molecule is CC1CN(CC2CCN(C(=N)/C=C\C(=N)C(=O)NC3CCC(Oc4ccc(C#N)c(Cl)c4)CC3)CC2)CC(C)N1c1cc2c(cc1F)C(=O)N(C1CCC(=O)NC1=O)C2=O. The van der Waals surface area contributed by atoms with Crippen LogP contribution in [0.1, 0.15) is 91.5 Å². The van der Waals surface area contributed by atoms with Gasteiger partial charge in [0.05, 0.1) is 33.5 Å². The van der Waals surface area contributed by atoms with Crippen LogP contribution in [0.5, 0.6) is 5.75 Å². The Kier molecular flexibility index (Phi) is 12.7. The van der Waals surface area contributed by atoms with E-state index in [4.69, 9.17) is 32.4 Å². The molecule has 7 rings (SSSR count). The van der Waals surface area contributed by atoms with Crippen molar-refractivity contribution in [1.29, 1.82) is 16.1 Å². The number of amidine groups is 1. The zero-order chi connectivity index (χ0) is 42.8. The Morgan fingerprint density at radius 2 is 1.63 bits per heavy atom. The fraction of sp³-hybridized carbons (Fsp3) is 0.488. The first-order chi connectivity index (χ1) is 28.7. The van der Waals surface area contributed by atoms with Crippen LogP contribution < -0.4 is 20.3 Å². The lowest BCUT2D eigenvalue weighted by Gasteiger charge is -2.47. The number of hydrogen-bond donors (Lipinski definition) is 4. The second-order valence-electron chi connectivity index (χ2n) is 16.5. The first kappa shape index (κ1) is 42.5. The summed E-state index contributed by atoms with van der Waals surface area (Å²) in [5, 5.41) is 31.5. The lowest BCUT2D eigenvalue weighted by atomic mass is 9.92. The van der Waals surface area contributed by atoms with E-state index >= 15 is 4.39 Å². The number of halogens is 2. The van der Waals surface area contributed by atoms with Crippen LogP contribution in [-0.2, 0) is 14.4 Å². The molecule has 3 unspecified atom stereocenters. The Morgan fingerprint density at radius 1 is 0.967 bits per heavy atom. The standard InChI is InChI=1S/C43H49ClFN9O6/c1-24-21-51(22-25(2)53(24)37-19-32-31(18-34(37)45)42(58)54(43(32)59)36-10-12-39(55)50-41(36)57)23-26-13-15-52(16-14-26)38(48)11-9-35(47)40(56)49-28-4-7-29(8-5-28)60-30-6-3-27(20-46)33(44)17-30/h3,6,9,11,17-19,24-26,28-29,36,47-48H,4-5,7-8,10,12-16,21-23H2,1-2H3,(H,49,56)(H,50,55,57)/b11-9-,47-35?,48-38?. The third-order valence-electron chi connectivity index (χ3n) is 12.3. The van der Waals surface area contributed by atoms with Gasteiger partial charge in [-0.25, -0.2) is 4.39 Å². The monoisotopic (exact) mass is 841 g/mol. The summed E-state index contributed by atoms with van der Waals surface area (Å²) in [4.78, 5) is 70.7. The number of ether oxygens (including phenoxy) is 1. The molecular formula is C43H49ClFN9O6. The van der Waals surface area contributed by atoms with Gasteiger partial charge in [-0.1, -0.05) is 11.6 Å². The number of rotatable bonds is 10. The number of nitrogens with zero attached hydrogens (tertiary/aromatic N) is 5. The number of likely N-dealkylation sites (tertiary alicyclic amines) is 1. The molecule has 5 aliphatic rings. The summed E-state index contributed by atoms with van der Waals surface area (Å²) in [6.45, 7) is 7.49. The van der Waals surface area contributed by atoms with Crippen LogP contribution in [0.2, 0.25) is 5.02 Å². The fourth-order valence-electron chi connectivity index (χ4n) is 9.24. The molecule has 15 nitrogen and oxygen atoms in total. The first-order valence-electron chi connectivity index (χ1n) is 20.5. The number of hydrogen-bond acceptors (Lipinski definition) is 11. The lowest BCUT2D eigenvalue weighted by molar-refractivity contribution is -0.136. The second kappa shape index (κ2) is 17.9. The maximum absolute atomic E-state index is 15.7. The van der Waals surface area contributed by atoms with Crippen LogP contribution in [-0.4, -0.2) is 119 Å². The van der Waals surface area contributed by atoms with Gasteiger partial charge in [0.1, 0.15) is 35.2 Å². The number of fused-ring (bicyclic) bond motifs is 1. The van der Waals surface area contributed by atoms with Crippen molar-refractivity contribution in [3.8, 4) is 11.8 Å². The predicted molar refractivity (Wildman–Crippen MR) is 221 cm³/mol. The third kappa shape index (κ3) is 9.07. The Balaban J connectivity index is 0.842. The van der Waals surface area contributed by atoms with Gasteiger partial charge in [-0.2, -0.15) is 5.26 Å². The number of piperidine rings is 2. The average Bonchev–Trinajstić information content (AvgIpc) is 3.44. The van der Waals surface area contributed by atoms with E-state index in [-0.39, 0.29) is 65.4 Å². The number of carbonyl (C=O) groups excluding carboxylic acids is 5. The van der Waals surface area contributed by atoms with Gasteiger partial charge >= 0.3 is 0 Å². The quantitative estimate of drug-likeness (QED) is 0.151. The largest absolute Gasteiger partial charge is 0.490 e. The summed E-state index contributed by atoms with van der Waals surface area (Å²) in [6, 6.07) is 8.08. The predicted octanol–water partition coefficient (Wildman–Crippen LogP) is 4.42. The molecule has 4 fully saturated rings. The van der Waals surface area contributed by atoms with Crippen molar-refractivity contribution in [3.05, 3.63) is 70.0 Å². The van der Waals surface area contributed by atoms with Crippen LogP contribution >= 0.6 is 11.6 Å². The van der Waals surface area contributed by atoms with Gasteiger partial charge < -0.3 is 19.9 Å². The van der Waals surface area contributed by atoms with Crippen LogP contribution in [0.15, 0.2) is 42.5 Å². The van der Waals surface area contributed by atoms with Crippen molar-refractivity contribution in [2.75, 3.05) is 37.6 Å². The zero-order valence-electron chi connectivity index (χ0n) is 33.6. The van der Waals surface area contributed by atoms with Crippen LogP contribution in [0.25, 0.3) is 0 Å². The average molecular weight is 842 g/mol. The number of imide groups is 2. The first-order valence-corrected chi connectivity index (χ1v) is 20.9. The topological polar surface area (TPSA) is 203 Å². The highest BCUT2D eigenvalue weighted by atomic mass is 35.5. The van der Waals surface area contributed by atoms with E-state index < -0.39 is 41.4 Å². The van der Waals surface area contributed by atoms with Gasteiger partial charge in [-0.15, -0.1) is 0 Å². The van der Waals surface area contributed by atoms with E-state index in [0.717, 1.165) is 43.2 Å². The number of amides is 5.